The summed E-state index contributed by atoms with van der Waals surface area (Å²) in [4.78, 5) is 10.7. The van der Waals surface area contributed by atoms with Gasteiger partial charge in [-0.1, -0.05) is 6.07 Å². The van der Waals surface area contributed by atoms with Gasteiger partial charge in [-0.15, -0.1) is 0 Å². The fourth-order valence-corrected chi connectivity index (χ4v) is 3.03. The number of aromatic nitrogens is 2. The molecular formula is C18H18FN3O2. The SMILES string of the molecule is Fc1ccc2nc(N3CCCC(COc4ccccn4)C3)oc2c1. The Labute approximate surface area is 139 Å². The van der Waals surface area contributed by atoms with Crippen molar-refractivity contribution < 1.29 is 13.5 Å². The number of ether oxygens (including phenoxy) is 1. The summed E-state index contributed by atoms with van der Waals surface area (Å²) >= 11 is 0. The van der Waals surface area contributed by atoms with E-state index in [1.807, 2.05) is 18.2 Å². The Kier molecular flexibility index (Phi) is 4.02. The first-order valence-electron chi connectivity index (χ1n) is 8.13. The minimum absolute atomic E-state index is 0.314. The van der Waals surface area contributed by atoms with Gasteiger partial charge in [0.05, 0.1) is 6.61 Å². The molecule has 0 N–H and O–H groups in total. The van der Waals surface area contributed by atoms with E-state index in [-0.39, 0.29) is 5.82 Å². The Morgan fingerprint density at radius 1 is 1.29 bits per heavy atom. The molecule has 1 atom stereocenters. The van der Waals surface area contributed by atoms with Gasteiger partial charge in [0.25, 0.3) is 6.01 Å². The number of anilines is 1. The highest BCUT2D eigenvalue weighted by atomic mass is 19.1. The molecule has 0 saturated carbocycles. The van der Waals surface area contributed by atoms with Crippen molar-refractivity contribution in [3.05, 3.63) is 48.4 Å². The Balaban J connectivity index is 1.43. The Morgan fingerprint density at radius 3 is 3.12 bits per heavy atom. The molecule has 2 aromatic heterocycles. The van der Waals surface area contributed by atoms with E-state index in [2.05, 4.69) is 14.9 Å². The van der Waals surface area contributed by atoms with Gasteiger partial charge in [-0.3, -0.25) is 0 Å². The van der Waals surface area contributed by atoms with E-state index >= 15 is 0 Å². The van der Waals surface area contributed by atoms with Crippen LogP contribution in [0, 0.1) is 11.7 Å². The Hall–Kier alpha value is -2.63. The molecule has 5 nitrogen and oxygen atoms in total. The lowest BCUT2D eigenvalue weighted by Crippen LogP contribution is -2.38. The van der Waals surface area contributed by atoms with Crippen molar-refractivity contribution >= 4 is 17.1 Å². The number of hydrogen-bond acceptors (Lipinski definition) is 5. The van der Waals surface area contributed by atoms with Gasteiger partial charge in [0.2, 0.25) is 5.88 Å². The molecular weight excluding hydrogens is 309 g/mol. The van der Waals surface area contributed by atoms with Crippen molar-refractivity contribution in [3.8, 4) is 5.88 Å². The molecule has 0 radical (unpaired) electrons. The van der Waals surface area contributed by atoms with Crippen molar-refractivity contribution in [2.24, 2.45) is 5.92 Å². The van der Waals surface area contributed by atoms with Gasteiger partial charge < -0.3 is 14.1 Å². The third kappa shape index (κ3) is 3.18. The smallest absolute Gasteiger partial charge is 0.298 e. The first-order valence-corrected chi connectivity index (χ1v) is 8.13. The average Bonchev–Trinajstić information content (AvgIpc) is 3.04. The molecule has 24 heavy (non-hydrogen) atoms. The van der Waals surface area contributed by atoms with Gasteiger partial charge in [0, 0.05) is 37.3 Å². The second kappa shape index (κ2) is 6.47. The molecule has 0 amide bonds. The van der Waals surface area contributed by atoms with E-state index < -0.39 is 0 Å². The summed E-state index contributed by atoms with van der Waals surface area (Å²) < 4.78 is 24.8. The molecule has 4 rings (SSSR count). The molecule has 1 unspecified atom stereocenters. The Bertz CT molecular complexity index is 822. The van der Waals surface area contributed by atoms with Crippen LogP contribution < -0.4 is 9.64 Å². The summed E-state index contributed by atoms with van der Waals surface area (Å²) in [6, 6.07) is 10.6. The molecule has 1 aliphatic rings. The number of hydrogen-bond donors (Lipinski definition) is 0. The van der Waals surface area contributed by atoms with Crippen molar-refractivity contribution in [1.82, 2.24) is 9.97 Å². The second-order valence-electron chi connectivity index (χ2n) is 6.04. The van der Waals surface area contributed by atoms with Crippen LogP contribution in [0.2, 0.25) is 0 Å². The first-order chi connectivity index (χ1) is 11.8. The third-order valence-electron chi connectivity index (χ3n) is 4.23. The average molecular weight is 327 g/mol. The summed E-state index contributed by atoms with van der Waals surface area (Å²) in [5.41, 5.74) is 1.16. The zero-order chi connectivity index (χ0) is 16.4. The molecule has 0 spiro atoms. The molecule has 124 valence electrons. The molecule has 1 aromatic carbocycles. The van der Waals surface area contributed by atoms with E-state index in [9.17, 15) is 4.39 Å². The molecule has 3 heterocycles. The van der Waals surface area contributed by atoms with E-state index in [4.69, 9.17) is 9.15 Å². The van der Waals surface area contributed by atoms with Crippen LogP contribution in [-0.4, -0.2) is 29.7 Å². The van der Waals surface area contributed by atoms with E-state index in [1.54, 1.807) is 12.3 Å². The number of halogens is 1. The normalized spacial score (nSPS) is 18.0. The van der Waals surface area contributed by atoms with Crippen molar-refractivity contribution in [2.45, 2.75) is 12.8 Å². The number of rotatable bonds is 4. The highest BCUT2D eigenvalue weighted by Gasteiger charge is 2.24. The monoisotopic (exact) mass is 327 g/mol. The zero-order valence-electron chi connectivity index (χ0n) is 13.2. The van der Waals surface area contributed by atoms with Crippen LogP contribution in [0.25, 0.3) is 11.1 Å². The Morgan fingerprint density at radius 2 is 2.25 bits per heavy atom. The fourth-order valence-electron chi connectivity index (χ4n) is 3.03. The van der Waals surface area contributed by atoms with Gasteiger partial charge in [0.1, 0.15) is 11.3 Å². The van der Waals surface area contributed by atoms with Crippen LogP contribution in [-0.2, 0) is 0 Å². The highest BCUT2D eigenvalue weighted by Crippen LogP contribution is 2.27. The van der Waals surface area contributed by atoms with E-state index in [1.165, 1.54) is 12.1 Å². The van der Waals surface area contributed by atoms with Crippen molar-refractivity contribution in [2.75, 3.05) is 24.6 Å². The molecule has 1 fully saturated rings. The summed E-state index contributed by atoms with van der Waals surface area (Å²) in [6.07, 6.45) is 3.86. The maximum atomic E-state index is 13.3. The lowest BCUT2D eigenvalue weighted by atomic mass is 9.99. The van der Waals surface area contributed by atoms with Crippen LogP contribution in [0.4, 0.5) is 10.4 Å². The van der Waals surface area contributed by atoms with Gasteiger partial charge in [-0.25, -0.2) is 9.37 Å². The number of piperidine rings is 1. The topological polar surface area (TPSA) is 51.4 Å². The minimum Gasteiger partial charge on any atom is -0.477 e. The molecule has 1 aliphatic heterocycles. The third-order valence-corrected chi connectivity index (χ3v) is 4.23. The van der Waals surface area contributed by atoms with Crippen LogP contribution in [0.5, 0.6) is 5.88 Å². The molecule has 3 aromatic rings. The second-order valence-corrected chi connectivity index (χ2v) is 6.04. The van der Waals surface area contributed by atoms with Gasteiger partial charge in [-0.2, -0.15) is 4.98 Å². The summed E-state index contributed by atoms with van der Waals surface area (Å²) in [6.45, 7) is 2.31. The van der Waals surface area contributed by atoms with Gasteiger partial charge in [0.15, 0.2) is 5.58 Å². The fraction of sp³-hybridized carbons (Fsp3) is 0.333. The van der Waals surface area contributed by atoms with Crippen LogP contribution >= 0.6 is 0 Å². The number of pyridine rings is 1. The number of benzene rings is 1. The number of oxazole rings is 1. The lowest BCUT2D eigenvalue weighted by molar-refractivity contribution is 0.219. The van der Waals surface area contributed by atoms with Gasteiger partial charge in [-0.05, 0) is 31.0 Å². The minimum atomic E-state index is -0.314. The lowest BCUT2D eigenvalue weighted by Gasteiger charge is -2.31. The number of fused-ring (bicyclic) bond motifs is 1. The standard InChI is InChI=1S/C18H18FN3O2/c19-14-6-7-15-16(10-14)24-18(21-15)22-9-3-4-13(11-22)12-23-17-5-1-2-8-20-17/h1-2,5-8,10,13H,3-4,9,11-12H2. The molecule has 1 saturated heterocycles. The summed E-state index contributed by atoms with van der Waals surface area (Å²) in [5.74, 6) is 0.713. The first kappa shape index (κ1) is 14.9. The predicted octanol–water partition coefficient (Wildman–Crippen LogP) is 3.66. The highest BCUT2D eigenvalue weighted by molar-refractivity contribution is 5.74. The largest absolute Gasteiger partial charge is 0.477 e. The molecule has 0 aliphatic carbocycles. The predicted molar refractivity (Wildman–Crippen MR) is 88.6 cm³/mol. The maximum absolute atomic E-state index is 13.3. The summed E-state index contributed by atoms with van der Waals surface area (Å²) in [5, 5.41) is 0. The van der Waals surface area contributed by atoms with Crippen LogP contribution in [0.1, 0.15) is 12.8 Å². The quantitative estimate of drug-likeness (QED) is 0.732. The molecule has 6 heteroatoms. The summed E-state index contributed by atoms with van der Waals surface area (Å²) in [7, 11) is 0. The van der Waals surface area contributed by atoms with Crippen molar-refractivity contribution in [1.29, 1.82) is 0 Å². The zero-order valence-corrected chi connectivity index (χ0v) is 13.2. The van der Waals surface area contributed by atoms with E-state index in [0.29, 0.717) is 35.5 Å². The van der Waals surface area contributed by atoms with Gasteiger partial charge >= 0.3 is 0 Å². The van der Waals surface area contributed by atoms with Crippen LogP contribution in [0.3, 0.4) is 0 Å². The van der Waals surface area contributed by atoms with E-state index in [0.717, 1.165) is 25.9 Å². The molecule has 0 bridgehead atoms. The maximum Gasteiger partial charge on any atom is 0.298 e. The van der Waals surface area contributed by atoms with Crippen LogP contribution in [0.15, 0.2) is 47.0 Å². The number of nitrogens with zero attached hydrogens (tertiary/aromatic N) is 3. The van der Waals surface area contributed by atoms with Crippen molar-refractivity contribution in [3.63, 3.8) is 0 Å².